The van der Waals surface area contributed by atoms with Gasteiger partial charge < -0.3 is 94.2 Å². The van der Waals surface area contributed by atoms with Crippen molar-refractivity contribution in [3.05, 3.63) is 128 Å². The zero-order valence-electron chi connectivity index (χ0n) is 78.6. The van der Waals surface area contributed by atoms with E-state index in [0.717, 1.165) is 94.3 Å². The van der Waals surface area contributed by atoms with Gasteiger partial charge >= 0.3 is 30.1 Å². The number of carbonyl (C=O) groups is 10. The van der Waals surface area contributed by atoms with Gasteiger partial charge in [0.15, 0.2) is 0 Å². The molecular weight excluding hydrogens is 1740 g/mol. The number of esters is 2. The normalized spacial score (nSPS) is 24.9. The maximum atomic E-state index is 14.5. The van der Waals surface area contributed by atoms with Gasteiger partial charge in [-0.15, -0.1) is 44.6 Å². The third-order valence-corrected chi connectivity index (χ3v) is 25.1. The van der Waals surface area contributed by atoms with Gasteiger partial charge in [0.2, 0.25) is 29.5 Å². The number of fused-ring (bicyclic) bond motifs is 3. The highest BCUT2D eigenvalue weighted by Crippen LogP contribution is 2.51. The molecule has 14 atom stereocenters. The van der Waals surface area contributed by atoms with Crippen molar-refractivity contribution < 1.29 is 100 Å². The Hall–Kier alpha value is -11.3. The fourth-order valence-electron chi connectivity index (χ4n) is 17.2. The van der Waals surface area contributed by atoms with Gasteiger partial charge in [0, 0.05) is 131 Å². The molecule has 0 radical (unpaired) electrons. The average molecular weight is 1870 g/mol. The minimum Gasteiger partial charge on any atom is -0.497 e. The van der Waals surface area contributed by atoms with Gasteiger partial charge in [-0.1, -0.05) is 59.8 Å². The number of carboxylic acid groups (broad SMARTS) is 1. The molecule has 32 nitrogen and oxygen atoms in total. The first-order chi connectivity index (χ1) is 61.4. The molecule has 15 rings (SSSR count). The van der Waals surface area contributed by atoms with Crippen LogP contribution in [-0.4, -0.2) is 220 Å². The zero-order chi connectivity index (χ0) is 94.2. The molecule has 6 heterocycles. The van der Waals surface area contributed by atoms with E-state index in [1.807, 2.05) is 93.6 Å². The Morgan fingerprint density at radius 3 is 1.10 bits per heavy atom. The van der Waals surface area contributed by atoms with Gasteiger partial charge in [-0.2, -0.15) is 0 Å². The van der Waals surface area contributed by atoms with Crippen molar-refractivity contribution in [3.63, 3.8) is 0 Å². The van der Waals surface area contributed by atoms with E-state index in [2.05, 4.69) is 51.6 Å². The average Bonchev–Trinajstić information content (AvgIpc) is 1.62. The highest BCUT2D eigenvalue weighted by molar-refractivity contribution is 5.99. The quantitative estimate of drug-likeness (QED) is 0.0125. The van der Waals surface area contributed by atoms with Crippen molar-refractivity contribution in [2.75, 3.05) is 54.2 Å². The number of carbonyl (C=O) groups excluding carboxylic acids is 9. The van der Waals surface area contributed by atoms with E-state index in [9.17, 15) is 53.1 Å². The fraction of sp³-hybridized carbons (Fsp3) is 0.561. The predicted octanol–water partition coefficient (Wildman–Crippen LogP) is 13.3. The van der Waals surface area contributed by atoms with Crippen molar-refractivity contribution in [3.8, 4) is 34.5 Å². The molecule has 34 heteroatoms. The Morgan fingerprint density at radius 1 is 0.477 bits per heavy atom. The van der Waals surface area contributed by atoms with Crippen LogP contribution in [0.1, 0.15) is 209 Å². The van der Waals surface area contributed by atoms with Crippen molar-refractivity contribution in [1.82, 2.24) is 56.7 Å². The number of rotatable bonds is 30. The SMILES string of the molecule is C=C[C@@H]1C[C@]1(NC(=O)[C@@H]1C[C@@H](Oc2cc(C3CC3)nc3cc(OC)ccc23)CN1)C(=O)OCC.C=C[C@@H]1C[C@]1(NC(=O)[C@@H]1C[C@@H](Oc2cc(C3CC3)nc3cc(OC)ccc23)CN1C(=O)[C@@H](NC(=O)OC(C)(C)C)C(C)(C)C)C(=O)O.C=C[C@@H]1C[C@]1(NC(=O)[C@@H]1C[C@@H](Oc2cc(C3CC3)nc3cc(OC)ccc23)CN1C(=O)[C@@H](NC(=O)OC(C)(C)C)C(C)(C)C)C(=O)OCC.Cl.Cl. The number of methoxy groups -OCH3 is 3. The second kappa shape index (κ2) is 40.3. The van der Waals surface area contributed by atoms with E-state index in [-0.39, 0.29) is 94.2 Å². The summed E-state index contributed by atoms with van der Waals surface area (Å²) in [7, 11) is 4.84. The van der Waals surface area contributed by atoms with Crippen LogP contribution in [-0.2, 0) is 57.3 Å². The summed E-state index contributed by atoms with van der Waals surface area (Å²) in [5.41, 5.74) is -1.65. The molecule has 132 heavy (non-hydrogen) atoms. The van der Waals surface area contributed by atoms with E-state index < -0.39 is 141 Å². The number of ether oxygens (including phenoxy) is 10. The number of amides is 7. The van der Waals surface area contributed by atoms with Crippen LogP contribution in [0.3, 0.4) is 0 Å². The third kappa shape index (κ3) is 23.3. The number of hydrogen-bond donors (Lipinski definition) is 7. The summed E-state index contributed by atoms with van der Waals surface area (Å²) in [4.78, 5) is 151. The van der Waals surface area contributed by atoms with Gasteiger partial charge in [0.05, 0.1) is 70.2 Å². The number of pyridine rings is 3. The molecule has 0 unspecified atom stereocenters. The summed E-state index contributed by atoms with van der Waals surface area (Å²) in [6.45, 7) is 37.1. The molecular formula is C98H129Cl2N11O21. The third-order valence-electron chi connectivity index (χ3n) is 25.1. The standard InChI is InChI=1S/C37H50N4O8.C35H46N4O8.C26H31N3O5.2ClH/c1-10-22-19-37(22,33(44)47-11-2)40-31(42)28-17-24(20-41(28)32(43)30(35(3,4)5)39-34(45)49-36(6,7)8)48-29-18-26(21-12-13-21)38-27-16-23(46-9)14-15-25(27)29;1-9-20-17-35(20,31(42)43)38-29(40)26-15-22(18-39(26)30(41)28(33(2,3)4)37-32(44)47-34(5,6)7)46-27-16-24(19-10-11-19)36-25-14-21(45-8)12-13-23(25)27;1-4-16-13-26(16,25(31)33-5-2)29-24(30)22-11-18(14-27-22)34-23-12-20(15-6-7-15)28-21-10-17(32-3)8-9-19(21)23;;/h10,14-16,18,21-22,24,28,30H,1,11-13,17,19-20H2,2-9H3,(H,39,45)(H,40,42);9,12-14,16,19-20,22,26,28H,1,10-11,15,17-18H2,2-8H3,(H,37,44)(H,38,40)(H,42,43);4,8-10,12,15-16,18,22,27H,1,5-7,11,13-14H2,2-3H3,(H,29,30);2*1H/t22-,24-,28+,30-,37-;20-,22-,26+,28-,35-;16-,18-,22+,26-;;/m111../s1. The predicted molar refractivity (Wildman–Crippen MR) is 499 cm³/mol. The number of nitrogens with one attached hydrogen (secondary N) is 6. The van der Waals surface area contributed by atoms with Gasteiger partial charge in [-0.3, -0.25) is 38.9 Å². The van der Waals surface area contributed by atoms with Crippen LogP contribution in [0.4, 0.5) is 9.59 Å². The number of aliphatic carboxylic acids is 1. The lowest BCUT2D eigenvalue weighted by Gasteiger charge is -2.36. The Labute approximate surface area is 783 Å². The Kier molecular flexibility index (Phi) is 30.9. The minimum atomic E-state index is -1.48. The molecule has 7 amide bonds. The first kappa shape index (κ1) is 101. The lowest BCUT2D eigenvalue weighted by Crippen LogP contribution is -2.59. The summed E-state index contributed by atoms with van der Waals surface area (Å²) in [5, 5.41) is 29.7. The number of carboxylic acids is 1. The van der Waals surface area contributed by atoms with E-state index in [1.54, 1.807) is 110 Å². The first-order valence-corrected chi connectivity index (χ1v) is 45.1. The largest absolute Gasteiger partial charge is 0.497 e. The molecule has 3 aliphatic heterocycles. The number of alkyl carbamates (subject to hydrolysis) is 2. The Balaban J connectivity index is 0.000000192. The molecule has 7 N–H and O–H groups in total. The van der Waals surface area contributed by atoms with Gasteiger partial charge in [0.1, 0.15) is 105 Å². The van der Waals surface area contributed by atoms with Crippen LogP contribution >= 0.6 is 24.8 Å². The van der Waals surface area contributed by atoms with Crippen LogP contribution in [0.2, 0.25) is 0 Å². The molecule has 9 fully saturated rings. The summed E-state index contributed by atoms with van der Waals surface area (Å²) in [6.07, 6.45) is 10.2. The van der Waals surface area contributed by atoms with Crippen molar-refractivity contribution in [2.45, 2.75) is 268 Å². The molecule has 3 saturated heterocycles. The molecule has 3 aromatic carbocycles. The van der Waals surface area contributed by atoms with E-state index in [0.29, 0.717) is 72.1 Å². The van der Waals surface area contributed by atoms with E-state index in [1.165, 1.54) is 15.9 Å². The molecule has 716 valence electrons. The van der Waals surface area contributed by atoms with Crippen LogP contribution in [0.25, 0.3) is 32.7 Å². The van der Waals surface area contributed by atoms with Crippen LogP contribution < -0.4 is 60.3 Å². The first-order valence-electron chi connectivity index (χ1n) is 45.1. The fourth-order valence-corrected chi connectivity index (χ4v) is 17.2. The highest BCUT2D eigenvalue weighted by Gasteiger charge is 2.65. The molecule has 0 bridgehead atoms. The van der Waals surface area contributed by atoms with Crippen molar-refractivity contribution in [1.29, 1.82) is 0 Å². The number of hydrogen-bond acceptors (Lipinski definition) is 24. The van der Waals surface area contributed by atoms with Crippen LogP contribution in [0, 0.1) is 28.6 Å². The smallest absolute Gasteiger partial charge is 0.408 e. The number of aromatic nitrogens is 3. The Bertz CT molecular complexity index is 5390. The van der Waals surface area contributed by atoms with Gasteiger partial charge in [-0.25, -0.2) is 24.0 Å². The van der Waals surface area contributed by atoms with Crippen molar-refractivity contribution >= 4 is 117 Å². The van der Waals surface area contributed by atoms with Crippen molar-refractivity contribution in [2.24, 2.45) is 28.6 Å². The highest BCUT2D eigenvalue weighted by atomic mass is 35.5. The van der Waals surface area contributed by atoms with Gasteiger partial charge in [0.25, 0.3) is 0 Å². The molecule has 6 aromatic rings. The molecule has 6 saturated carbocycles. The van der Waals surface area contributed by atoms with E-state index >= 15 is 0 Å². The lowest BCUT2D eigenvalue weighted by atomic mass is 9.85. The summed E-state index contributed by atoms with van der Waals surface area (Å²) >= 11 is 0. The topological polar surface area (TPSA) is 401 Å². The monoisotopic (exact) mass is 1870 g/mol. The molecule has 3 aromatic heterocycles. The minimum absolute atomic E-state index is 0. The zero-order valence-corrected chi connectivity index (χ0v) is 80.2. The number of nitrogens with zero attached hydrogens (tertiary/aromatic N) is 5. The second-order valence-electron chi connectivity index (χ2n) is 39.7. The summed E-state index contributed by atoms with van der Waals surface area (Å²) < 4.78 is 57.3. The summed E-state index contributed by atoms with van der Waals surface area (Å²) in [5.74, 6) is -0.0273. The van der Waals surface area contributed by atoms with E-state index in [4.69, 9.17) is 62.3 Å². The summed E-state index contributed by atoms with van der Waals surface area (Å²) in [6, 6.07) is 18.2. The maximum Gasteiger partial charge on any atom is 0.408 e. The lowest BCUT2D eigenvalue weighted by molar-refractivity contribution is -0.150. The Morgan fingerprint density at radius 2 is 0.803 bits per heavy atom. The number of benzene rings is 3. The second-order valence-corrected chi connectivity index (χ2v) is 39.7. The van der Waals surface area contributed by atoms with Crippen LogP contribution in [0.5, 0.6) is 34.5 Å². The molecule has 6 aliphatic carbocycles. The molecule has 0 spiro atoms. The number of likely N-dealkylation sites (tertiary alicyclic amines) is 2. The maximum absolute atomic E-state index is 14.5. The van der Waals surface area contributed by atoms with Gasteiger partial charge in [-0.05, 0) is 160 Å². The van der Waals surface area contributed by atoms with Crippen LogP contribution in [0.15, 0.2) is 111 Å². The molecule has 9 aliphatic rings. The number of halogens is 2.